The molecule has 5 N–H and O–H groups in total. The number of para-hydroxylation sites is 1. The van der Waals surface area contributed by atoms with E-state index in [0.29, 0.717) is 74.7 Å². The van der Waals surface area contributed by atoms with E-state index in [-0.39, 0.29) is 46.7 Å². The molecule has 0 aliphatic heterocycles. The highest BCUT2D eigenvalue weighted by Crippen LogP contribution is 2.68. The number of hydrogen-bond acceptors (Lipinski definition) is 12. The first-order valence-electron chi connectivity index (χ1n) is 22.6. The van der Waals surface area contributed by atoms with Crippen LogP contribution in [0.4, 0.5) is 11.4 Å². The van der Waals surface area contributed by atoms with Crippen molar-refractivity contribution in [2.24, 2.45) is 46.2 Å². The second-order valence-corrected chi connectivity index (χ2v) is 18.7. The number of aromatic nitrogens is 3. The minimum atomic E-state index is -0.682. The lowest BCUT2D eigenvalue weighted by Gasteiger charge is -2.61. The number of aromatic amines is 1. The monoisotopic (exact) mass is 841 g/mol. The van der Waals surface area contributed by atoms with Crippen molar-refractivity contribution in [2.75, 3.05) is 44.9 Å². The van der Waals surface area contributed by atoms with Gasteiger partial charge >= 0.3 is 11.7 Å². The number of carbonyl (C=O) groups excluding carboxylic acids is 2. The highest BCUT2D eigenvalue weighted by atomic mass is 16.6. The van der Waals surface area contributed by atoms with Crippen LogP contribution in [-0.4, -0.2) is 83.8 Å². The van der Waals surface area contributed by atoms with Crippen molar-refractivity contribution < 1.29 is 33.4 Å². The van der Waals surface area contributed by atoms with Crippen LogP contribution in [0.15, 0.2) is 47.2 Å². The number of rotatable bonds is 19. The smallest absolute Gasteiger partial charge is 0.305 e. The molecule has 4 fully saturated rings. The average Bonchev–Trinajstić information content (AvgIpc) is 3.99. The van der Waals surface area contributed by atoms with E-state index in [1.54, 1.807) is 6.07 Å². The molecule has 9 atom stereocenters. The molecule has 0 spiro atoms. The first-order valence-corrected chi connectivity index (χ1v) is 22.6. The second kappa shape index (κ2) is 18.8. The topological polar surface area (TPSA) is 210 Å². The van der Waals surface area contributed by atoms with E-state index in [2.05, 4.69) is 39.8 Å². The largest absolute Gasteiger partial charge is 0.463 e. The Hall–Kier alpha value is -4.60. The van der Waals surface area contributed by atoms with Crippen LogP contribution in [0.5, 0.6) is 0 Å². The number of anilines is 1. The van der Waals surface area contributed by atoms with Gasteiger partial charge < -0.3 is 35.6 Å². The summed E-state index contributed by atoms with van der Waals surface area (Å²) < 4.78 is 21.1. The first-order chi connectivity index (χ1) is 29.6. The minimum absolute atomic E-state index is 0.0386. The number of nitrogens with one attached hydrogen (secondary N) is 3. The van der Waals surface area contributed by atoms with Crippen LogP contribution in [0.25, 0.3) is 21.9 Å². The molecule has 4 unspecified atom stereocenters. The summed E-state index contributed by atoms with van der Waals surface area (Å²) >= 11 is 0. The zero-order valence-corrected chi connectivity index (χ0v) is 35.7. The van der Waals surface area contributed by atoms with Gasteiger partial charge in [-0.3, -0.25) is 19.7 Å². The maximum Gasteiger partial charge on any atom is 0.305 e. The van der Waals surface area contributed by atoms with E-state index in [1.807, 2.05) is 30.5 Å². The standard InChI is InChI=1S/C46H63N7O8/c1-45-19-17-36-34(35(45)13-11-30(45)6-5-9-41(54)60-25-24-59-23-22-58-21-20-47)12-10-31-27-32(16-18-46(31,36)2)49-44(55)39(26-29-28-48-37-8-4-3-7-33(29)37)50-38-14-15-40(53(56)57)43-42(38)51-61-52-43/h3-4,7-8,14-15,28,30-32,34-36,39,48,50H,5-6,9-13,16-27,47H2,1-2H3,(H,49,55)/t30?,31-,32-,34?,35?,36?,39+,45-,46+/m1/s1. The van der Waals surface area contributed by atoms with E-state index < -0.39 is 11.0 Å². The number of non-ortho nitro benzene ring substituents is 1. The first kappa shape index (κ1) is 43.1. The molecule has 2 heterocycles. The summed E-state index contributed by atoms with van der Waals surface area (Å²) in [6, 6.07) is 10.3. The number of esters is 1. The zero-order chi connectivity index (χ0) is 42.6. The van der Waals surface area contributed by atoms with E-state index >= 15 is 0 Å². The van der Waals surface area contributed by atoms with Gasteiger partial charge in [0.25, 0.3) is 0 Å². The Morgan fingerprint density at radius 1 is 0.951 bits per heavy atom. The lowest BCUT2D eigenvalue weighted by molar-refractivity contribution is -0.383. The van der Waals surface area contributed by atoms with Gasteiger partial charge in [0, 0.05) is 48.6 Å². The van der Waals surface area contributed by atoms with Crippen molar-refractivity contribution in [3.05, 3.63) is 58.3 Å². The molecular weight excluding hydrogens is 779 g/mol. The molecule has 1 amide bonds. The number of H-pyrrole nitrogens is 1. The van der Waals surface area contributed by atoms with Crippen LogP contribution in [0, 0.1) is 50.5 Å². The van der Waals surface area contributed by atoms with Crippen LogP contribution in [-0.2, 0) is 30.2 Å². The second-order valence-electron chi connectivity index (χ2n) is 18.7. The Labute approximate surface area is 357 Å². The molecular formula is C46H63N7O8. The summed E-state index contributed by atoms with van der Waals surface area (Å²) in [6.07, 6.45) is 15.2. The fourth-order valence-corrected chi connectivity index (χ4v) is 12.5. The Bertz CT molecular complexity index is 2160. The number of carbonyl (C=O) groups is 2. The molecule has 2 aromatic heterocycles. The lowest BCUT2D eigenvalue weighted by Crippen LogP contribution is -2.56. The summed E-state index contributed by atoms with van der Waals surface area (Å²) in [5.41, 5.74) is 8.48. The van der Waals surface area contributed by atoms with Gasteiger partial charge in [-0.2, -0.15) is 0 Å². The Kier molecular flexibility index (Phi) is 13.3. The maximum absolute atomic E-state index is 14.4. The van der Waals surface area contributed by atoms with Gasteiger partial charge in [0.15, 0.2) is 5.52 Å². The van der Waals surface area contributed by atoms with Crippen molar-refractivity contribution in [3.63, 3.8) is 0 Å². The van der Waals surface area contributed by atoms with Crippen molar-refractivity contribution in [3.8, 4) is 0 Å². The van der Waals surface area contributed by atoms with Crippen LogP contribution >= 0.6 is 0 Å². The van der Waals surface area contributed by atoms with E-state index in [4.69, 9.17) is 24.6 Å². The number of benzene rings is 2. The molecule has 61 heavy (non-hydrogen) atoms. The molecule has 15 nitrogen and oxygen atoms in total. The Morgan fingerprint density at radius 2 is 1.72 bits per heavy atom. The zero-order valence-electron chi connectivity index (χ0n) is 35.7. The highest BCUT2D eigenvalue weighted by Gasteiger charge is 2.60. The molecule has 4 saturated carbocycles. The minimum Gasteiger partial charge on any atom is -0.463 e. The summed E-state index contributed by atoms with van der Waals surface area (Å²) in [6.45, 7) is 7.73. The van der Waals surface area contributed by atoms with Crippen LogP contribution in [0.3, 0.4) is 0 Å². The predicted molar refractivity (Wildman–Crippen MR) is 231 cm³/mol. The average molecular weight is 842 g/mol. The van der Waals surface area contributed by atoms with Crippen LogP contribution in [0.2, 0.25) is 0 Å². The van der Waals surface area contributed by atoms with Crippen LogP contribution in [0.1, 0.15) is 96.5 Å². The van der Waals surface area contributed by atoms with Crippen molar-refractivity contribution >= 4 is 45.2 Å². The van der Waals surface area contributed by atoms with Gasteiger partial charge in [0.05, 0.1) is 37.0 Å². The van der Waals surface area contributed by atoms with Crippen molar-refractivity contribution in [2.45, 2.75) is 109 Å². The van der Waals surface area contributed by atoms with E-state index in [0.717, 1.165) is 60.4 Å². The Balaban J connectivity index is 0.864. The SMILES string of the molecule is C[C@]12CCC3C(CC[C@@H]4C[C@H](NC(=O)[C@H](Cc5c[nH]c6ccccc56)Nc5ccc([N+](=O)[O-])c6nonc56)CC[C@]34C)C1CCC2CCCC(=O)OCCOCCOCCN. The summed E-state index contributed by atoms with van der Waals surface area (Å²) in [5, 5.41) is 27.4. The van der Waals surface area contributed by atoms with E-state index in [1.165, 1.54) is 44.6 Å². The van der Waals surface area contributed by atoms with Gasteiger partial charge in [-0.25, -0.2) is 4.63 Å². The molecule has 8 rings (SSSR count). The molecule has 0 saturated heterocycles. The summed E-state index contributed by atoms with van der Waals surface area (Å²) in [4.78, 5) is 41.4. The predicted octanol–water partition coefficient (Wildman–Crippen LogP) is 7.48. The molecule has 330 valence electrons. The van der Waals surface area contributed by atoms with E-state index in [9.17, 15) is 19.7 Å². The van der Waals surface area contributed by atoms with Gasteiger partial charge in [-0.15, -0.1) is 0 Å². The van der Waals surface area contributed by atoms with Gasteiger partial charge in [0.2, 0.25) is 11.4 Å². The number of hydrogen-bond donors (Lipinski definition) is 4. The molecule has 0 radical (unpaired) electrons. The number of nitrogens with zero attached hydrogens (tertiary/aromatic N) is 3. The number of nitrogens with two attached hydrogens (primary N) is 1. The molecule has 4 aliphatic carbocycles. The van der Waals surface area contributed by atoms with Crippen molar-refractivity contribution in [1.29, 1.82) is 0 Å². The quantitative estimate of drug-likeness (QED) is 0.0313. The third-order valence-corrected chi connectivity index (χ3v) is 15.6. The lowest BCUT2D eigenvalue weighted by atomic mass is 9.44. The number of nitro benzene ring substituents is 1. The van der Waals surface area contributed by atoms with Crippen LogP contribution < -0.4 is 16.4 Å². The van der Waals surface area contributed by atoms with Gasteiger partial charge in [-0.1, -0.05) is 32.0 Å². The summed E-state index contributed by atoms with van der Waals surface area (Å²) in [7, 11) is 0. The summed E-state index contributed by atoms with van der Waals surface area (Å²) in [5.74, 6) is 3.10. The number of ether oxygens (including phenoxy) is 3. The maximum atomic E-state index is 14.4. The fraction of sp³-hybridized carbons (Fsp3) is 0.652. The molecule has 4 aromatic rings. The fourth-order valence-electron chi connectivity index (χ4n) is 12.5. The number of fused-ring (bicyclic) bond motifs is 7. The third-order valence-electron chi connectivity index (χ3n) is 15.6. The number of amides is 1. The highest BCUT2D eigenvalue weighted by molar-refractivity contribution is 5.96. The molecule has 2 aromatic carbocycles. The van der Waals surface area contributed by atoms with Gasteiger partial charge in [0.1, 0.15) is 12.6 Å². The third kappa shape index (κ3) is 9.01. The molecule has 15 heteroatoms. The normalized spacial score (nSPS) is 28.8. The number of nitro groups is 1. The Morgan fingerprint density at radius 3 is 2.56 bits per heavy atom. The van der Waals surface area contributed by atoms with Crippen molar-refractivity contribution in [1.82, 2.24) is 20.6 Å². The van der Waals surface area contributed by atoms with Gasteiger partial charge in [-0.05, 0) is 139 Å². The molecule has 4 aliphatic rings. The molecule has 0 bridgehead atoms.